The third-order valence-electron chi connectivity index (χ3n) is 2.30. The third-order valence-corrected chi connectivity index (χ3v) is 4.77. The lowest BCUT2D eigenvalue weighted by molar-refractivity contribution is -0.185. The Morgan fingerprint density at radius 1 is 1.53 bits per heavy atom. The molecule has 1 radical (unpaired) electrons. The van der Waals surface area contributed by atoms with Crippen molar-refractivity contribution in [3.63, 3.8) is 0 Å². The zero-order valence-corrected chi connectivity index (χ0v) is 10.2. The number of ether oxygens (including phenoxy) is 2. The van der Waals surface area contributed by atoms with Gasteiger partial charge in [-0.1, -0.05) is 0 Å². The SMILES string of the molecule is CCOC1(S(=O)(=O)C(C)C)C[N]CCO1. The molecule has 1 aliphatic rings. The summed E-state index contributed by atoms with van der Waals surface area (Å²) in [5, 5.41) is 1.99. The average molecular weight is 236 g/mol. The molecule has 1 fully saturated rings. The van der Waals surface area contributed by atoms with Gasteiger partial charge in [0.2, 0.25) is 9.84 Å². The summed E-state index contributed by atoms with van der Waals surface area (Å²) in [7, 11) is -3.46. The van der Waals surface area contributed by atoms with Gasteiger partial charge in [-0.15, -0.1) is 0 Å². The second kappa shape index (κ2) is 4.78. The predicted molar refractivity (Wildman–Crippen MR) is 56.2 cm³/mol. The van der Waals surface area contributed by atoms with Gasteiger partial charge in [0.1, 0.15) is 0 Å². The van der Waals surface area contributed by atoms with Gasteiger partial charge in [0.25, 0.3) is 5.12 Å². The molecule has 1 aliphatic heterocycles. The van der Waals surface area contributed by atoms with Crippen LogP contribution in [0.25, 0.3) is 0 Å². The van der Waals surface area contributed by atoms with Crippen molar-refractivity contribution >= 4 is 9.84 Å². The third kappa shape index (κ3) is 2.33. The Labute approximate surface area is 91.1 Å². The summed E-state index contributed by atoms with van der Waals surface area (Å²) in [6, 6.07) is 0. The lowest BCUT2D eigenvalue weighted by Crippen LogP contribution is -2.56. The summed E-state index contributed by atoms with van der Waals surface area (Å²) >= 11 is 0. The van der Waals surface area contributed by atoms with E-state index in [0.717, 1.165) is 0 Å². The maximum Gasteiger partial charge on any atom is 0.288 e. The van der Waals surface area contributed by atoms with Gasteiger partial charge in [0.05, 0.1) is 18.4 Å². The summed E-state index contributed by atoms with van der Waals surface area (Å²) < 4.78 is 34.8. The number of morpholine rings is 1. The zero-order chi connectivity index (χ0) is 11.5. The lowest BCUT2D eigenvalue weighted by atomic mass is 10.5. The fourth-order valence-electron chi connectivity index (χ4n) is 1.45. The van der Waals surface area contributed by atoms with E-state index in [9.17, 15) is 8.42 Å². The Balaban J connectivity index is 2.99. The van der Waals surface area contributed by atoms with Crippen molar-refractivity contribution in [1.29, 1.82) is 0 Å². The van der Waals surface area contributed by atoms with Crippen LogP contribution < -0.4 is 5.32 Å². The molecule has 0 aromatic rings. The molecule has 6 heteroatoms. The molecular formula is C9H18NO4S. The molecule has 0 N–H and O–H groups in total. The van der Waals surface area contributed by atoms with E-state index in [1.807, 2.05) is 0 Å². The van der Waals surface area contributed by atoms with Crippen LogP contribution in [-0.2, 0) is 19.3 Å². The van der Waals surface area contributed by atoms with Crippen LogP contribution in [0.3, 0.4) is 0 Å². The standard InChI is InChI=1S/C9H18NO4S/c1-4-13-9(7-10-5-6-14-9)15(11,12)8(2)3/h8H,4-7H2,1-3H3. The molecule has 89 valence electrons. The highest BCUT2D eigenvalue weighted by Crippen LogP contribution is 2.27. The van der Waals surface area contributed by atoms with Crippen molar-refractivity contribution in [3.8, 4) is 0 Å². The van der Waals surface area contributed by atoms with Crippen LogP contribution in [-0.4, -0.2) is 45.1 Å². The second-order valence-corrected chi connectivity index (χ2v) is 6.32. The molecule has 1 unspecified atom stereocenters. The summed E-state index contributed by atoms with van der Waals surface area (Å²) in [6.07, 6.45) is 0. The minimum Gasteiger partial charge on any atom is -0.337 e. The van der Waals surface area contributed by atoms with E-state index >= 15 is 0 Å². The van der Waals surface area contributed by atoms with Gasteiger partial charge in [0, 0.05) is 13.2 Å². The molecule has 1 rings (SSSR count). The van der Waals surface area contributed by atoms with Gasteiger partial charge < -0.3 is 9.47 Å². The van der Waals surface area contributed by atoms with E-state index in [2.05, 4.69) is 5.32 Å². The maximum absolute atomic E-state index is 12.1. The molecule has 1 atom stereocenters. The van der Waals surface area contributed by atoms with Crippen molar-refractivity contribution in [1.82, 2.24) is 5.32 Å². The number of hydrogen-bond acceptors (Lipinski definition) is 4. The average Bonchev–Trinajstić information content (AvgIpc) is 2.19. The van der Waals surface area contributed by atoms with Crippen molar-refractivity contribution in [3.05, 3.63) is 0 Å². The molecule has 5 nitrogen and oxygen atoms in total. The Kier molecular flexibility index (Phi) is 4.11. The van der Waals surface area contributed by atoms with E-state index in [0.29, 0.717) is 19.8 Å². The highest BCUT2D eigenvalue weighted by molar-refractivity contribution is 7.93. The van der Waals surface area contributed by atoms with Crippen molar-refractivity contribution in [2.45, 2.75) is 31.1 Å². The molecule has 0 spiro atoms. The largest absolute Gasteiger partial charge is 0.337 e. The number of hydrogen-bond donors (Lipinski definition) is 0. The Morgan fingerprint density at radius 3 is 2.60 bits per heavy atom. The number of sulfone groups is 1. The molecule has 0 aliphatic carbocycles. The molecule has 0 aromatic carbocycles. The molecule has 0 bridgehead atoms. The summed E-state index contributed by atoms with van der Waals surface area (Å²) in [4.78, 5) is 0. The molecular weight excluding hydrogens is 218 g/mol. The Morgan fingerprint density at radius 2 is 2.20 bits per heavy atom. The van der Waals surface area contributed by atoms with Crippen LogP contribution >= 0.6 is 0 Å². The first kappa shape index (κ1) is 12.9. The molecule has 0 amide bonds. The van der Waals surface area contributed by atoms with Gasteiger partial charge in [-0.2, -0.15) is 0 Å². The van der Waals surface area contributed by atoms with Crippen LogP contribution in [0, 0.1) is 0 Å². The first-order chi connectivity index (χ1) is 6.96. The molecule has 15 heavy (non-hydrogen) atoms. The van der Waals surface area contributed by atoms with E-state index in [-0.39, 0.29) is 6.54 Å². The Bertz CT molecular complexity index is 288. The number of rotatable bonds is 4. The summed E-state index contributed by atoms with van der Waals surface area (Å²) in [6.45, 7) is 6.18. The highest BCUT2D eigenvalue weighted by Gasteiger charge is 2.49. The van der Waals surface area contributed by atoms with Gasteiger partial charge in [-0.25, -0.2) is 13.7 Å². The van der Waals surface area contributed by atoms with E-state index < -0.39 is 20.2 Å². The van der Waals surface area contributed by atoms with Crippen molar-refractivity contribution in [2.24, 2.45) is 0 Å². The lowest BCUT2D eigenvalue weighted by Gasteiger charge is -2.36. The predicted octanol–water partition coefficient (Wildman–Crippen LogP) is 0.135. The first-order valence-corrected chi connectivity index (χ1v) is 6.65. The van der Waals surface area contributed by atoms with Gasteiger partial charge >= 0.3 is 0 Å². The van der Waals surface area contributed by atoms with Gasteiger partial charge in [-0.05, 0) is 20.8 Å². The van der Waals surface area contributed by atoms with Crippen LogP contribution in [0.4, 0.5) is 0 Å². The Hall–Kier alpha value is -0.170. The van der Waals surface area contributed by atoms with Crippen LogP contribution in [0.5, 0.6) is 0 Å². The molecule has 1 saturated heterocycles. The summed E-state index contributed by atoms with van der Waals surface area (Å²) in [5.74, 6) is 0. The maximum atomic E-state index is 12.1. The quantitative estimate of drug-likeness (QED) is 0.696. The fraction of sp³-hybridized carbons (Fsp3) is 1.00. The van der Waals surface area contributed by atoms with Crippen molar-refractivity contribution < 1.29 is 17.9 Å². The number of nitrogens with zero attached hydrogens (tertiary/aromatic N) is 1. The summed E-state index contributed by atoms with van der Waals surface area (Å²) in [5.41, 5.74) is 0. The van der Waals surface area contributed by atoms with Gasteiger partial charge in [-0.3, -0.25) is 0 Å². The zero-order valence-electron chi connectivity index (χ0n) is 9.39. The van der Waals surface area contributed by atoms with Crippen LogP contribution in [0.15, 0.2) is 0 Å². The van der Waals surface area contributed by atoms with Crippen molar-refractivity contribution in [2.75, 3.05) is 26.3 Å². The first-order valence-electron chi connectivity index (χ1n) is 5.11. The minimum atomic E-state index is -3.46. The minimum absolute atomic E-state index is 0.0708. The fourth-order valence-corrected chi connectivity index (χ4v) is 2.97. The molecule has 0 aromatic heterocycles. The monoisotopic (exact) mass is 236 g/mol. The van der Waals surface area contributed by atoms with Crippen LogP contribution in [0.1, 0.15) is 20.8 Å². The normalized spacial score (nSPS) is 28.3. The molecule has 1 heterocycles. The highest BCUT2D eigenvalue weighted by atomic mass is 32.2. The topological polar surface area (TPSA) is 66.7 Å². The van der Waals surface area contributed by atoms with E-state index in [4.69, 9.17) is 9.47 Å². The second-order valence-electron chi connectivity index (χ2n) is 3.66. The molecule has 0 saturated carbocycles. The van der Waals surface area contributed by atoms with Crippen LogP contribution in [0.2, 0.25) is 0 Å². The smallest absolute Gasteiger partial charge is 0.288 e. The van der Waals surface area contributed by atoms with Gasteiger partial charge in [0.15, 0.2) is 0 Å². The van der Waals surface area contributed by atoms with E-state index in [1.165, 1.54) is 0 Å². The van der Waals surface area contributed by atoms with E-state index in [1.54, 1.807) is 20.8 Å².